The van der Waals surface area contributed by atoms with Gasteiger partial charge in [-0.2, -0.15) is 0 Å². The van der Waals surface area contributed by atoms with Gasteiger partial charge in [0.25, 0.3) is 0 Å². The molecule has 0 fully saturated rings. The van der Waals surface area contributed by atoms with Crippen LogP contribution in [0.2, 0.25) is 0 Å². The van der Waals surface area contributed by atoms with E-state index >= 15 is 0 Å². The van der Waals surface area contributed by atoms with Crippen molar-refractivity contribution in [3.8, 4) is 0 Å². The SMILES string of the molecule is CCC(CC)(CC)n1c(CCCl)nc2ccc(C)cc21. The summed E-state index contributed by atoms with van der Waals surface area (Å²) in [7, 11) is 0. The van der Waals surface area contributed by atoms with E-state index in [1.165, 1.54) is 11.1 Å². The van der Waals surface area contributed by atoms with Crippen molar-refractivity contribution in [2.75, 3.05) is 5.88 Å². The fraction of sp³-hybridized carbons (Fsp3) is 0.588. The molecule has 2 nitrogen and oxygen atoms in total. The lowest BCUT2D eigenvalue weighted by atomic mass is 9.89. The molecule has 0 aliphatic carbocycles. The first-order valence-electron chi connectivity index (χ1n) is 7.66. The van der Waals surface area contributed by atoms with Crippen LogP contribution in [0.25, 0.3) is 11.0 Å². The molecule has 1 heterocycles. The fourth-order valence-electron chi connectivity index (χ4n) is 3.24. The predicted molar refractivity (Wildman–Crippen MR) is 87.7 cm³/mol. The lowest BCUT2D eigenvalue weighted by Gasteiger charge is -2.34. The van der Waals surface area contributed by atoms with Crippen LogP contribution in [0.5, 0.6) is 0 Å². The van der Waals surface area contributed by atoms with Crippen molar-refractivity contribution < 1.29 is 0 Å². The van der Waals surface area contributed by atoms with Crippen molar-refractivity contribution in [2.45, 2.75) is 58.9 Å². The van der Waals surface area contributed by atoms with Crippen LogP contribution in [0.3, 0.4) is 0 Å². The highest BCUT2D eigenvalue weighted by molar-refractivity contribution is 6.17. The van der Waals surface area contributed by atoms with Crippen LogP contribution >= 0.6 is 11.6 Å². The minimum absolute atomic E-state index is 0.157. The second kappa shape index (κ2) is 6.17. The summed E-state index contributed by atoms with van der Waals surface area (Å²) in [6.07, 6.45) is 4.19. The third-order valence-corrected chi connectivity index (χ3v) is 4.84. The number of aryl methyl sites for hydroxylation is 2. The Hall–Kier alpha value is -1.02. The van der Waals surface area contributed by atoms with E-state index in [1.807, 2.05) is 0 Å². The number of rotatable bonds is 6. The molecule has 2 rings (SSSR count). The molecule has 110 valence electrons. The molecule has 0 unspecified atom stereocenters. The second-order valence-electron chi connectivity index (χ2n) is 5.58. The standard InChI is InChI=1S/C17H25ClN2/c1-5-17(6-2,7-3)20-15-12-13(4)8-9-14(15)19-16(20)10-11-18/h8-9,12H,5-7,10-11H2,1-4H3. The fourth-order valence-corrected chi connectivity index (χ4v) is 3.41. The van der Waals surface area contributed by atoms with Gasteiger partial charge in [-0.25, -0.2) is 4.98 Å². The first kappa shape index (κ1) is 15.4. The Labute approximate surface area is 127 Å². The van der Waals surface area contributed by atoms with Gasteiger partial charge in [0.2, 0.25) is 0 Å². The Balaban J connectivity index is 2.75. The maximum absolute atomic E-state index is 5.99. The molecule has 0 spiro atoms. The average molecular weight is 293 g/mol. The number of aromatic nitrogens is 2. The van der Waals surface area contributed by atoms with Gasteiger partial charge in [-0.15, -0.1) is 11.6 Å². The molecule has 0 radical (unpaired) electrons. The van der Waals surface area contributed by atoms with E-state index in [4.69, 9.17) is 16.6 Å². The Bertz CT molecular complexity index is 574. The summed E-state index contributed by atoms with van der Waals surface area (Å²) >= 11 is 5.99. The Kier molecular flexibility index (Phi) is 4.74. The quantitative estimate of drug-likeness (QED) is 0.681. The van der Waals surface area contributed by atoms with Gasteiger partial charge in [-0.3, -0.25) is 0 Å². The van der Waals surface area contributed by atoms with Gasteiger partial charge in [-0.1, -0.05) is 26.8 Å². The van der Waals surface area contributed by atoms with Crippen molar-refractivity contribution in [2.24, 2.45) is 0 Å². The number of halogens is 1. The Morgan fingerprint density at radius 2 is 1.80 bits per heavy atom. The van der Waals surface area contributed by atoms with Gasteiger partial charge >= 0.3 is 0 Å². The zero-order valence-corrected chi connectivity index (χ0v) is 13.8. The van der Waals surface area contributed by atoms with Gasteiger partial charge < -0.3 is 4.57 Å². The van der Waals surface area contributed by atoms with Crippen LogP contribution in [-0.2, 0) is 12.0 Å². The third-order valence-electron chi connectivity index (χ3n) is 4.65. The molecular formula is C17H25ClN2. The van der Waals surface area contributed by atoms with Crippen molar-refractivity contribution in [1.82, 2.24) is 9.55 Å². The molecule has 0 bridgehead atoms. The molecule has 0 aliphatic heterocycles. The minimum Gasteiger partial charge on any atom is -0.322 e. The molecule has 1 aromatic heterocycles. The van der Waals surface area contributed by atoms with Crippen molar-refractivity contribution >= 4 is 22.6 Å². The molecule has 0 saturated heterocycles. The van der Waals surface area contributed by atoms with Crippen LogP contribution in [0.4, 0.5) is 0 Å². The van der Waals surface area contributed by atoms with E-state index in [-0.39, 0.29) is 5.54 Å². The third kappa shape index (κ3) is 2.46. The Morgan fingerprint density at radius 3 is 2.35 bits per heavy atom. The molecular weight excluding hydrogens is 268 g/mol. The number of imidazole rings is 1. The average Bonchev–Trinajstić information content (AvgIpc) is 2.81. The summed E-state index contributed by atoms with van der Waals surface area (Å²) in [5.41, 5.74) is 3.80. The number of hydrogen-bond donors (Lipinski definition) is 0. The molecule has 1 aromatic carbocycles. The van der Waals surface area contributed by atoms with Crippen LogP contribution in [0, 0.1) is 6.92 Å². The highest BCUT2D eigenvalue weighted by atomic mass is 35.5. The summed E-state index contributed by atoms with van der Waals surface area (Å²) in [5.74, 6) is 1.75. The Morgan fingerprint density at radius 1 is 1.15 bits per heavy atom. The zero-order chi connectivity index (χ0) is 14.8. The number of benzene rings is 1. The first-order chi connectivity index (χ1) is 9.61. The van der Waals surface area contributed by atoms with Crippen LogP contribution in [-0.4, -0.2) is 15.4 Å². The lowest BCUT2D eigenvalue weighted by Crippen LogP contribution is -2.33. The lowest BCUT2D eigenvalue weighted by molar-refractivity contribution is 0.251. The zero-order valence-electron chi connectivity index (χ0n) is 13.0. The summed E-state index contributed by atoms with van der Waals surface area (Å²) in [4.78, 5) is 4.83. The molecule has 2 aromatic rings. The molecule has 0 N–H and O–H groups in total. The maximum Gasteiger partial charge on any atom is 0.111 e. The number of alkyl halides is 1. The minimum atomic E-state index is 0.157. The van der Waals surface area contributed by atoms with E-state index in [0.717, 1.165) is 37.0 Å². The molecule has 0 saturated carbocycles. The first-order valence-corrected chi connectivity index (χ1v) is 8.19. The van der Waals surface area contributed by atoms with Crippen molar-refractivity contribution in [3.05, 3.63) is 29.6 Å². The normalized spacial score (nSPS) is 12.2. The topological polar surface area (TPSA) is 17.8 Å². The van der Waals surface area contributed by atoms with Gasteiger partial charge in [0.05, 0.1) is 11.0 Å². The van der Waals surface area contributed by atoms with Gasteiger partial charge in [0.1, 0.15) is 5.82 Å². The number of fused-ring (bicyclic) bond motifs is 1. The van der Waals surface area contributed by atoms with Gasteiger partial charge in [0, 0.05) is 17.8 Å². The molecule has 0 atom stereocenters. The molecule has 20 heavy (non-hydrogen) atoms. The van der Waals surface area contributed by atoms with E-state index in [2.05, 4.69) is 50.5 Å². The highest BCUT2D eigenvalue weighted by Gasteiger charge is 2.30. The van der Waals surface area contributed by atoms with Crippen molar-refractivity contribution in [3.63, 3.8) is 0 Å². The molecule has 3 heteroatoms. The maximum atomic E-state index is 5.99. The van der Waals surface area contributed by atoms with Crippen LogP contribution in [0.1, 0.15) is 51.4 Å². The molecule has 0 aliphatic rings. The van der Waals surface area contributed by atoms with E-state index in [1.54, 1.807) is 0 Å². The largest absolute Gasteiger partial charge is 0.322 e. The summed E-state index contributed by atoms with van der Waals surface area (Å²) in [5, 5.41) is 0. The van der Waals surface area contributed by atoms with Crippen molar-refractivity contribution in [1.29, 1.82) is 0 Å². The predicted octanol–water partition coefficient (Wildman–Crippen LogP) is 5.05. The second-order valence-corrected chi connectivity index (χ2v) is 5.96. The van der Waals surface area contributed by atoms with Crippen LogP contribution < -0.4 is 0 Å². The highest BCUT2D eigenvalue weighted by Crippen LogP contribution is 2.34. The number of nitrogens with zero attached hydrogens (tertiary/aromatic N) is 2. The summed E-state index contributed by atoms with van der Waals surface area (Å²) < 4.78 is 2.47. The van der Waals surface area contributed by atoms with Gasteiger partial charge in [0.15, 0.2) is 0 Å². The van der Waals surface area contributed by atoms with E-state index in [9.17, 15) is 0 Å². The number of hydrogen-bond acceptors (Lipinski definition) is 1. The van der Waals surface area contributed by atoms with E-state index < -0.39 is 0 Å². The monoisotopic (exact) mass is 292 g/mol. The summed E-state index contributed by atoms with van der Waals surface area (Å²) in [6, 6.07) is 6.52. The summed E-state index contributed by atoms with van der Waals surface area (Å²) in [6.45, 7) is 8.97. The molecule has 0 amide bonds. The van der Waals surface area contributed by atoms with Gasteiger partial charge in [-0.05, 0) is 43.9 Å². The van der Waals surface area contributed by atoms with E-state index in [0.29, 0.717) is 5.88 Å². The van der Waals surface area contributed by atoms with Crippen LogP contribution in [0.15, 0.2) is 18.2 Å². The smallest absolute Gasteiger partial charge is 0.111 e.